The Morgan fingerprint density at radius 2 is 1.47 bits per heavy atom. The van der Waals surface area contributed by atoms with Crippen molar-refractivity contribution in [1.29, 1.82) is 0 Å². The first kappa shape index (κ1) is 13.4. The van der Waals surface area contributed by atoms with Crippen molar-refractivity contribution in [3.8, 4) is 0 Å². The summed E-state index contributed by atoms with van der Waals surface area (Å²) in [6.45, 7) is 0. The van der Waals surface area contributed by atoms with Crippen LogP contribution in [0.4, 0.5) is 0 Å². The van der Waals surface area contributed by atoms with Crippen molar-refractivity contribution < 1.29 is 14.7 Å². The van der Waals surface area contributed by atoms with E-state index in [4.69, 9.17) is 5.11 Å². The molecule has 0 aliphatic rings. The van der Waals surface area contributed by atoms with Gasteiger partial charge in [0.05, 0.1) is 0 Å². The van der Waals surface area contributed by atoms with Crippen molar-refractivity contribution >= 4 is 11.8 Å². The maximum Gasteiger partial charge on any atom is 0.303 e. The van der Waals surface area contributed by atoms with Gasteiger partial charge in [0.1, 0.15) is 0 Å². The van der Waals surface area contributed by atoms with Crippen LogP contribution in [-0.2, 0) is 4.79 Å². The SMILES string of the molecule is O=C(O)CCCCCCC(=O)c1ccccc1. The molecule has 0 aliphatic heterocycles. The van der Waals surface area contributed by atoms with Crippen LogP contribution in [0.5, 0.6) is 0 Å². The van der Waals surface area contributed by atoms with Crippen molar-refractivity contribution in [2.45, 2.75) is 38.5 Å². The lowest BCUT2D eigenvalue weighted by Gasteiger charge is -2.01. The fraction of sp³-hybridized carbons (Fsp3) is 0.429. The topological polar surface area (TPSA) is 54.4 Å². The summed E-state index contributed by atoms with van der Waals surface area (Å²) < 4.78 is 0. The van der Waals surface area contributed by atoms with Crippen LogP contribution >= 0.6 is 0 Å². The van der Waals surface area contributed by atoms with Crippen LogP contribution in [0, 0.1) is 0 Å². The number of hydrogen-bond acceptors (Lipinski definition) is 2. The van der Waals surface area contributed by atoms with Gasteiger partial charge >= 0.3 is 5.97 Å². The summed E-state index contributed by atoms with van der Waals surface area (Å²) in [5.41, 5.74) is 0.762. The smallest absolute Gasteiger partial charge is 0.303 e. The van der Waals surface area contributed by atoms with Crippen LogP contribution in [0.1, 0.15) is 48.9 Å². The van der Waals surface area contributed by atoms with Gasteiger partial charge < -0.3 is 5.11 Å². The molecule has 0 saturated heterocycles. The Labute approximate surface area is 101 Å². The van der Waals surface area contributed by atoms with Crippen molar-refractivity contribution in [3.05, 3.63) is 35.9 Å². The number of carbonyl (C=O) groups is 2. The number of carboxylic acids is 1. The lowest BCUT2D eigenvalue weighted by atomic mass is 10.0. The van der Waals surface area contributed by atoms with Gasteiger partial charge in [-0.1, -0.05) is 43.2 Å². The van der Waals surface area contributed by atoms with Crippen LogP contribution in [0.3, 0.4) is 0 Å². The van der Waals surface area contributed by atoms with Gasteiger partial charge in [0, 0.05) is 18.4 Å². The van der Waals surface area contributed by atoms with Gasteiger partial charge in [-0.25, -0.2) is 0 Å². The molecule has 0 saturated carbocycles. The second kappa shape index (κ2) is 7.60. The predicted molar refractivity (Wildman–Crippen MR) is 66.1 cm³/mol. The average molecular weight is 234 g/mol. The van der Waals surface area contributed by atoms with Gasteiger partial charge in [-0.2, -0.15) is 0 Å². The summed E-state index contributed by atoms with van der Waals surface area (Å²) >= 11 is 0. The number of benzene rings is 1. The van der Waals surface area contributed by atoms with E-state index in [1.54, 1.807) is 0 Å². The molecule has 1 aromatic rings. The molecule has 0 aromatic heterocycles. The number of rotatable bonds is 8. The summed E-state index contributed by atoms with van der Waals surface area (Å²) in [5.74, 6) is -0.575. The maximum absolute atomic E-state index is 11.7. The van der Waals surface area contributed by atoms with Gasteiger partial charge in [0.15, 0.2) is 5.78 Å². The van der Waals surface area contributed by atoms with Crippen LogP contribution in [0.25, 0.3) is 0 Å². The molecular formula is C14H18O3. The largest absolute Gasteiger partial charge is 0.481 e. The summed E-state index contributed by atoms with van der Waals surface area (Å²) in [7, 11) is 0. The highest BCUT2D eigenvalue weighted by Gasteiger charge is 2.04. The molecule has 1 N–H and O–H groups in total. The van der Waals surface area contributed by atoms with E-state index in [1.165, 1.54) is 0 Å². The van der Waals surface area contributed by atoms with Crippen molar-refractivity contribution in [2.75, 3.05) is 0 Å². The highest BCUT2D eigenvalue weighted by molar-refractivity contribution is 5.95. The highest BCUT2D eigenvalue weighted by atomic mass is 16.4. The second-order valence-corrected chi connectivity index (χ2v) is 4.10. The Balaban J connectivity index is 2.11. The molecule has 1 aromatic carbocycles. The maximum atomic E-state index is 11.7. The van der Waals surface area contributed by atoms with E-state index in [0.29, 0.717) is 12.8 Å². The zero-order valence-electron chi connectivity index (χ0n) is 9.89. The normalized spacial score (nSPS) is 10.1. The first-order valence-corrected chi connectivity index (χ1v) is 6.00. The molecule has 0 fully saturated rings. The van der Waals surface area contributed by atoms with Gasteiger partial charge in [0.25, 0.3) is 0 Å². The number of ketones is 1. The number of carboxylic acid groups (broad SMARTS) is 1. The molecule has 0 spiro atoms. The quantitative estimate of drug-likeness (QED) is 0.554. The fourth-order valence-electron chi connectivity index (χ4n) is 1.68. The van der Waals surface area contributed by atoms with Gasteiger partial charge in [-0.05, 0) is 12.8 Å². The molecule has 0 atom stereocenters. The summed E-state index contributed by atoms with van der Waals surface area (Å²) in [6, 6.07) is 9.27. The fourth-order valence-corrected chi connectivity index (χ4v) is 1.68. The molecule has 0 amide bonds. The standard InChI is InChI=1S/C14H18O3/c15-13(12-8-4-3-5-9-12)10-6-1-2-7-11-14(16)17/h3-5,8-9H,1-2,6-7,10-11H2,(H,16,17). The minimum atomic E-state index is -0.745. The molecule has 0 unspecified atom stereocenters. The van der Waals surface area contributed by atoms with E-state index in [1.807, 2.05) is 30.3 Å². The number of aliphatic carboxylic acids is 1. The van der Waals surface area contributed by atoms with Gasteiger partial charge in [-0.3, -0.25) is 9.59 Å². The molecule has 3 nitrogen and oxygen atoms in total. The third kappa shape index (κ3) is 5.85. The number of hydrogen-bond donors (Lipinski definition) is 1. The molecule has 0 heterocycles. The number of Topliss-reactive ketones (excluding diaryl/α,β-unsaturated/α-hetero) is 1. The van der Waals surface area contributed by atoms with Crippen LogP contribution in [0.15, 0.2) is 30.3 Å². The van der Waals surface area contributed by atoms with Crippen molar-refractivity contribution in [2.24, 2.45) is 0 Å². The van der Waals surface area contributed by atoms with Gasteiger partial charge in [-0.15, -0.1) is 0 Å². The minimum absolute atomic E-state index is 0.170. The first-order chi connectivity index (χ1) is 8.20. The Hall–Kier alpha value is -1.64. The van der Waals surface area contributed by atoms with E-state index in [-0.39, 0.29) is 12.2 Å². The van der Waals surface area contributed by atoms with Crippen LogP contribution in [0.2, 0.25) is 0 Å². The average Bonchev–Trinajstić information content (AvgIpc) is 2.34. The summed E-state index contributed by atoms with van der Waals surface area (Å²) in [4.78, 5) is 22.0. The van der Waals surface area contributed by atoms with Crippen LogP contribution in [-0.4, -0.2) is 16.9 Å². The lowest BCUT2D eigenvalue weighted by Crippen LogP contribution is -1.98. The molecule has 0 aliphatic carbocycles. The molecule has 3 heteroatoms. The monoisotopic (exact) mass is 234 g/mol. The van der Waals surface area contributed by atoms with Crippen molar-refractivity contribution in [1.82, 2.24) is 0 Å². The van der Waals surface area contributed by atoms with E-state index in [2.05, 4.69) is 0 Å². The molecule has 0 radical (unpaired) electrons. The Bertz CT molecular complexity index is 357. The summed E-state index contributed by atoms with van der Waals surface area (Å²) in [5, 5.41) is 8.45. The Kier molecular flexibility index (Phi) is 6.00. The van der Waals surface area contributed by atoms with E-state index in [9.17, 15) is 9.59 Å². The second-order valence-electron chi connectivity index (χ2n) is 4.10. The number of unbranched alkanes of at least 4 members (excludes halogenated alkanes) is 3. The Morgan fingerprint density at radius 3 is 2.06 bits per heavy atom. The van der Waals surface area contributed by atoms with Crippen LogP contribution < -0.4 is 0 Å². The van der Waals surface area contributed by atoms with E-state index < -0.39 is 5.97 Å². The highest BCUT2D eigenvalue weighted by Crippen LogP contribution is 2.09. The van der Waals surface area contributed by atoms with Gasteiger partial charge in [0.2, 0.25) is 0 Å². The molecule has 17 heavy (non-hydrogen) atoms. The molecular weight excluding hydrogens is 216 g/mol. The van der Waals surface area contributed by atoms with E-state index in [0.717, 1.165) is 24.8 Å². The minimum Gasteiger partial charge on any atom is -0.481 e. The Morgan fingerprint density at radius 1 is 0.882 bits per heavy atom. The lowest BCUT2D eigenvalue weighted by molar-refractivity contribution is -0.137. The first-order valence-electron chi connectivity index (χ1n) is 6.00. The summed E-state index contributed by atoms with van der Waals surface area (Å²) in [6.07, 6.45) is 4.13. The predicted octanol–water partition coefficient (Wildman–Crippen LogP) is 3.29. The molecule has 1 rings (SSSR count). The third-order valence-electron chi connectivity index (χ3n) is 2.64. The number of carbonyl (C=O) groups excluding carboxylic acids is 1. The molecule has 92 valence electrons. The molecule has 0 bridgehead atoms. The van der Waals surface area contributed by atoms with E-state index >= 15 is 0 Å². The zero-order valence-corrected chi connectivity index (χ0v) is 9.89. The van der Waals surface area contributed by atoms with Crippen molar-refractivity contribution in [3.63, 3.8) is 0 Å². The third-order valence-corrected chi connectivity index (χ3v) is 2.64. The zero-order chi connectivity index (χ0) is 12.5.